The van der Waals surface area contributed by atoms with Crippen molar-refractivity contribution in [3.63, 3.8) is 0 Å². The Kier molecular flexibility index (Phi) is 11.1. The third kappa shape index (κ3) is 9.24. The molecular weight excluding hydrogens is 751 g/mol. The monoisotopic (exact) mass is 789 g/mol. The number of aromatic nitrogens is 4. The van der Waals surface area contributed by atoms with E-state index >= 15 is 0 Å². The van der Waals surface area contributed by atoms with Gasteiger partial charge in [0, 0.05) is 24.3 Å². The third-order valence-electron chi connectivity index (χ3n) is 9.76. The molecule has 0 bridgehead atoms. The number of hydrogen-bond donors (Lipinski definition) is 3. The zero-order valence-corrected chi connectivity index (χ0v) is 30.9. The van der Waals surface area contributed by atoms with E-state index in [9.17, 15) is 36.3 Å². The van der Waals surface area contributed by atoms with Gasteiger partial charge in [-0.15, -0.1) is 5.10 Å². The summed E-state index contributed by atoms with van der Waals surface area (Å²) in [4.78, 5) is 34.8. The Morgan fingerprint density at radius 1 is 1.06 bits per heavy atom. The lowest BCUT2D eigenvalue weighted by Gasteiger charge is -2.28. The average Bonchev–Trinajstić information content (AvgIpc) is 3.64. The summed E-state index contributed by atoms with van der Waals surface area (Å²) in [5, 5.41) is 16.4. The lowest BCUT2D eigenvalue weighted by atomic mass is 9.90. The maximum atomic E-state index is 13.3. The number of pyridine rings is 2. The molecule has 3 aromatic heterocycles. The molecule has 2 amide bonds. The van der Waals surface area contributed by atoms with Crippen molar-refractivity contribution in [1.29, 1.82) is 0 Å². The highest BCUT2D eigenvalue weighted by molar-refractivity contribution is 7.90. The van der Waals surface area contributed by atoms with E-state index in [1.165, 1.54) is 46.1 Å². The zero-order chi connectivity index (χ0) is 38.8. The molecule has 0 radical (unpaired) electrons. The van der Waals surface area contributed by atoms with E-state index in [0.717, 1.165) is 5.56 Å². The maximum absolute atomic E-state index is 13.3. The first-order valence-corrected chi connectivity index (χ1v) is 19.1. The second kappa shape index (κ2) is 15.5. The van der Waals surface area contributed by atoms with E-state index in [0.29, 0.717) is 25.8 Å². The molecule has 2 aliphatic rings. The Balaban J connectivity index is 1.08. The van der Waals surface area contributed by atoms with Crippen molar-refractivity contribution in [1.82, 2.24) is 29.4 Å². The lowest BCUT2D eigenvalue weighted by Crippen LogP contribution is -2.41. The molecule has 4 atom stereocenters. The van der Waals surface area contributed by atoms with E-state index in [2.05, 4.69) is 20.4 Å². The van der Waals surface area contributed by atoms with Crippen molar-refractivity contribution in [2.45, 2.75) is 68.7 Å². The summed E-state index contributed by atoms with van der Waals surface area (Å²) in [6.45, 7) is 4.32. The number of nitrogens with zero attached hydrogens (tertiary/aromatic N) is 5. The molecule has 54 heavy (non-hydrogen) atoms. The highest BCUT2D eigenvalue weighted by atomic mass is 35.5. The van der Waals surface area contributed by atoms with E-state index in [4.69, 9.17) is 16.3 Å². The number of likely N-dealkylation sites (tertiary alicyclic amines) is 1. The topological polar surface area (TPSA) is 169 Å². The highest BCUT2D eigenvalue weighted by Gasteiger charge is 2.55. The van der Waals surface area contributed by atoms with Crippen LogP contribution in [0.5, 0.6) is 5.88 Å². The molecule has 1 saturated carbocycles. The Morgan fingerprint density at radius 2 is 1.81 bits per heavy atom. The number of carbonyl (C=O) groups excluding carboxylic acids is 1. The Morgan fingerprint density at radius 3 is 2.48 bits per heavy atom. The average molecular weight is 790 g/mol. The van der Waals surface area contributed by atoms with Crippen LogP contribution < -0.4 is 14.8 Å². The molecule has 6 rings (SSSR count). The number of nitrogens with one attached hydrogen (secondary N) is 2. The quantitative estimate of drug-likeness (QED) is 0.112. The summed E-state index contributed by atoms with van der Waals surface area (Å²) in [6.07, 6.45) is -1.26. The van der Waals surface area contributed by atoms with Crippen LogP contribution in [0, 0.1) is 17.8 Å². The van der Waals surface area contributed by atoms with Gasteiger partial charge in [0.25, 0.3) is 15.9 Å². The van der Waals surface area contributed by atoms with Crippen LogP contribution in [0.4, 0.5) is 23.8 Å². The van der Waals surface area contributed by atoms with Gasteiger partial charge in [0.1, 0.15) is 11.0 Å². The largest absolute Gasteiger partial charge is 0.477 e. The number of benzene rings is 1. The van der Waals surface area contributed by atoms with Gasteiger partial charge in [0.15, 0.2) is 10.8 Å². The number of rotatable bonds is 14. The predicted molar refractivity (Wildman–Crippen MR) is 192 cm³/mol. The molecule has 4 unspecified atom stereocenters. The first kappa shape index (κ1) is 38.8. The van der Waals surface area contributed by atoms with Crippen molar-refractivity contribution in [3.05, 3.63) is 89.2 Å². The third-order valence-corrected chi connectivity index (χ3v) is 11.3. The number of sulfonamides is 1. The molecule has 1 saturated heterocycles. The van der Waals surface area contributed by atoms with Crippen LogP contribution in [0.2, 0.25) is 5.15 Å². The summed E-state index contributed by atoms with van der Waals surface area (Å²) in [5.41, 5.74) is 0.233. The molecule has 13 nitrogen and oxygen atoms in total. The Labute approximate surface area is 314 Å². The van der Waals surface area contributed by atoms with Crippen molar-refractivity contribution >= 4 is 39.4 Å². The molecule has 1 aliphatic heterocycles. The second-order valence-electron chi connectivity index (χ2n) is 14.1. The summed E-state index contributed by atoms with van der Waals surface area (Å²) >= 11 is 6.30. The molecule has 1 aromatic carbocycles. The van der Waals surface area contributed by atoms with Gasteiger partial charge >= 0.3 is 12.3 Å². The standard InChI is InChI=1S/C36H39ClF3N7O6S/c1-35(2)20-22(21-46(35)34(49)50)11-13-27(23-7-4-3-5-8-23)41-28-9-6-10-31(42-28)54(51,52)45-33(48)25-12-14-29(43-32(25)37)47-17-15-30(44-47)53-18-16-24-19-26(24)36(38,39)40/h3-10,12,14-15,17,22,24,26-27H,11,13,16,18-21H2,1-2H3,(H,41,42)(H,45,48)(H,49,50). The van der Waals surface area contributed by atoms with Crippen LogP contribution in [0.3, 0.4) is 0 Å². The number of carboxylic acid groups (broad SMARTS) is 1. The summed E-state index contributed by atoms with van der Waals surface area (Å²) in [6, 6.07) is 17.8. The van der Waals surface area contributed by atoms with E-state index in [-0.39, 0.29) is 59.6 Å². The van der Waals surface area contributed by atoms with Crippen molar-refractivity contribution in [2.75, 3.05) is 18.5 Å². The summed E-state index contributed by atoms with van der Waals surface area (Å²) in [7, 11) is -4.48. The molecular formula is C36H39ClF3N7O6S. The minimum absolute atomic E-state index is 0.0611. The summed E-state index contributed by atoms with van der Waals surface area (Å²) < 4.78 is 73.7. The number of ether oxygens (including phenoxy) is 1. The summed E-state index contributed by atoms with van der Waals surface area (Å²) in [5.74, 6) is -2.05. The smallest absolute Gasteiger partial charge is 0.407 e. The Hall–Kier alpha value is -4.90. The van der Waals surface area contributed by atoms with Gasteiger partial charge < -0.3 is 20.1 Å². The first-order valence-electron chi connectivity index (χ1n) is 17.3. The fourth-order valence-electron chi connectivity index (χ4n) is 6.90. The molecule has 4 aromatic rings. The SMILES string of the molecule is CC1(C)CC(CCC(Nc2cccc(S(=O)(=O)NC(=O)c3ccc(-n4ccc(OCCC5CC5C(F)(F)F)n4)nc3Cl)n2)c2ccccc2)CN1C(=O)O. The number of anilines is 1. The molecule has 3 N–H and O–H groups in total. The highest BCUT2D eigenvalue weighted by Crippen LogP contribution is 2.51. The number of amides is 2. The van der Waals surface area contributed by atoms with E-state index < -0.39 is 50.6 Å². The maximum Gasteiger partial charge on any atom is 0.407 e. The number of carbonyl (C=O) groups is 2. The lowest BCUT2D eigenvalue weighted by molar-refractivity contribution is -0.151. The van der Waals surface area contributed by atoms with Crippen LogP contribution in [0.1, 0.15) is 67.9 Å². The van der Waals surface area contributed by atoms with Crippen LogP contribution in [0.15, 0.2) is 78.0 Å². The van der Waals surface area contributed by atoms with Gasteiger partial charge in [-0.2, -0.15) is 21.6 Å². The van der Waals surface area contributed by atoms with Gasteiger partial charge in [-0.05, 0) is 87.6 Å². The number of hydrogen-bond acceptors (Lipinski definition) is 9. The van der Waals surface area contributed by atoms with Crippen LogP contribution in [0.25, 0.3) is 5.82 Å². The fraction of sp³-hybridized carbons (Fsp3) is 0.417. The van der Waals surface area contributed by atoms with Crippen LogP contribution >= 0.6 is 11.6 Å². The fourth-order valence-corrected chi connectivity index (χ4v) is 8.07. The molecule has 2 fully saturated rings. The molecule has 1 aliphatic carbocycles. The minimum atomic E-state index is -4.48. The Bertz CT molecular complexity index is 2100. The van der Waals surface area contributed by atoms with Gasteiger partial charge in [0.2, 0.25) is 5.88 Å². The van der Waals surface area contributed by atoms with Crippen molar-refractivity contribution < 1.29 is 41.0 Å². The van der Waals surface area contributed by atoms with E-state index in [1.54, 1.807) is 6.07 Å². The van der Waals surface area contributed by atoms with Gasteiger partial charge in [-0.25, -0.2) is 24.2 Å². The zero-order valence-electron chi connectivity index (χ0n) is 29.3. The molecule has 18 heteroatoms. The second-order valence-corrected chi connectivity index (χ2v) is 16.1. The molecule has 0 spiro atoms. The first-order chi connectivity index (χ1) is 25.5. The molecule has 4 heterocycles. The molecule has 288 valence electrons. The van der Waals surface area contributed by atoms with Crippen LogP contribution in [-0.2, 0) is 10.0 Å². The van der Waals surface area contributed by atoms with Crippen molar-refractivity contribution in [3.8, 4) is 11.7 Å². The van der Waals surface area contributed by atoms with Crippen molar-refractivity contribution in [2.24, 2.45) is 17.8 Å². The van der Waals surface area contributed by atoms with E-state index in [1.807, 2.05) is 48.9 Å². The number of halogens is 4. The van der Waals surface area contributed by atoms with Gasteiger partial charge in [-0.1, -0.05) is 48.0 Å². The van der Waals surface area contributed by atoms with Crippen LogP contribution in [-0.4, -0.2) is 75.0 Å². The van der Waals surface area contributed by atoms with Gasteiger partial charge in [0.05, 0.1) is 24.1 Å². The predicted octanol–water partition coefficient (Wildman–Crippen LogP) is 7.11. The minimum Gasteiger partial charge on any atom is -0.477 e. The normalized spacial score (nSPS) is 20.0. The van der Waals surface area contributed by atoms with Gasteiger partial charge in [-0.3, -0.25) is 4.79 Å². The number of alkyl halides is 3.